The summed E-state index contributed by atoms with van der Waals surface area (Å²) < 4.78 is 5.80. The topological polar surface area (TPSA) is 95.1 Å². The molecule has 0 radical (unpaired) electrons. The van der Waals surface area contributed by atoms with Crippen LogP contribution in [0.2, 0.25) is 10.0 Å². The maximum absolute atomic E-state index is 12.4. The molecule has 3 aliphatic rings. The molecule has 0 spiro atoms. The van der Waals surface area contributed by atoms with Gasteiger partial charge in [-0.3, -0.25) is 14.5 Å². The lowest BCUT2D eigenvalue weighted by Crippen LogP contribution is -2.44. The van der Waals surface area contributed by atoms with E-state index in [2.05, 4.69) is 44.0 Å². The van der Waals surface area contributed by atoms with Gasteiger partial charge in [-0.1, -0.05) is 35.8 Å². The number of hydrogen-bond donors (Lipinski definition) is 2. The number of carbonyl (C=O) groups is 1. The highest BCUT2D eigenvalue weighted by molar-refractivity contribution is 6.42. The number of rotatable bonds is 8. The summed E-state index contributed by atoms with van der Waals surface area (Å²) in [6, 6.07) is 12.0. The molecular weight excluding hydrogens is 565 g/mol. The predicted octanol–water partition coefficient (Wildman–Crippen LogP) is 5.44. The molecule has 3 aliphatic heterocycles. The highest BCUT2D eigenvalue weighted by Crippen LogP contribution is 2.43. The van der Waals surface area contributed by atoms with Gasteiger partial charge in [0.1, 0.15) is 17.9 Å². The zero-order chi connectivity index (χ0) is 28.7. The highest BCUT2D eigenvalue weighted by atomic mass is 35.5. The molecular formula is C29H31Cl2N7O3. The molecule has 3 atom stereocenters. The van der Waals surface area contributed by atoms with Crippen LogP contribution in [0.5, 0.6) is 5.75 Å². The molecule has 0 unspecified atom stereocenters. The molecule has 3 fully saturated rings. The van der Waals surface area contributed by atoms with Crippen molar-refractivity contribution in [3.8, 4) is 5.75 Å². The fourth-order valence-corrected chi connectivity index (χ4v) is 6.22. The molecule has 0 saturated carbocycles. The number of fused-ring (bicyclic) bond motifs is 2. The summed E-state index contributed by atoms with van der Waals surface area (Å²) in [7, 11) is 3.79. The third kappa shape index (κ3) is 5.40. The van der Waals surface area contributed by atoms with Gasteiger partial charge in [0.05, 0.1) is 46.9 Å². The van der Waals surface area contributed by atoms with Gasteiger partial charge in [-0.2, -0.15) is 0 Å². The second-order valence-electron chi connectivity index (χ2n) is 10.4. The summed E-state index contributed by atoms with van der Waals surface area (Å²) in [5.41, 5.74) is 3.21. The van der Waals surface area contributed by atoms with Crippen molar-refractivity contribution >= 4 is 57.8 Å². The molecule has 41 heavy (non-hydrogen) atoms. The van der Waals surface area contributed by atoms with E-state index in [0.29, 0.717) is 57.5 Å². The number of benzene rings is 2. The first kappa shape index (κ1) is 27.6. The molecule has 4 heterocycles. The van der Waals surface area contributed by atoms with E-state index in [1.165, 1.54) is 12.4 Å². The summed E-state index contributed by atoms with van der Waals surface area (Å²) >= 11 is 12.4. The Labute approximate surface area is 248 Å². The first-order valence-corrected chi connectivity index (χ1v) is 14.2. The lowest BCUT2D eigenvalue weighted by molar-refractivity contribution is -0.111. The van der Waals surface area contributed by atoms with Crippen molar-refractivity contribution in [2.24, 2.45) is 0 Å². The Kier molecular flexibility index (Phi) is 7.65. The zero-order valence-corrected chi connectivity index (χ0v) is 24.3. The summed E-state index contributed by atoms with van der Waals surface area (Å²) in [5.74, 6) is 1.46. The second-order valence-corrected chi connectivity index (χ2v) is 11.2. The van der Waals surface area contributed by atoms with Gasteiger partial charge in [0.25, 0.3) is 0 Å². The lowest BCUT2D eigenvalue weighted by atomic mass is 10.0. The Morgan fingerprint density at radius 1 is 1.12 bits per heavy atom. The van der Waals surface area contributed by atoms with Crippen LogP contribution in [0.1, 0.15) is 24.4 Å². The van der Waals surface area contributed by atoms with Crippen LogP contribution in [0.15, 0.2) is 55.4 Å². The zero-order valence-electron chi connectivity index (χ0n) is 22.8. The quantitative estimate of drug-likeness (QED) is 0.330. The van der Waals surface area contributed by atoms with Crippen LogP contribution < -0.4 is 25.3 Å². The van der Waals surface area contributed by atoms with E-state index in [1.54, 1.807) is 24.3 Å². The van der Waals surface area contributed by atoms with Crippen molar-refractivity contribution in [3.05, 3.63) is 71.0 Å². The number of ether oxygens (including phenoxy) is 1. The van der Waals surface area contributed by atoms with Gasteiger partial charge in [0.15, 0.2) is 5.82 Å². The largest absolute Gasteiger partial charge is 0.494 e. The molecule has 214 valence electrons. The number of halogens is 2. The van der Waals surface area contributed by atoms with Crippen molar-refractivity contribution in [2.45, 2.75) is 31.0 Å². The Hall–Kier alpha value is -3.57. The fraction of sp³-hybridized carbons (Fsp3) is 0.345. The average molecular weight is 597 g/mol. The highest BCUT2D eigenvalue weighted by Gasteiger charge is 2.42. The van der Waals surface area contributed by atoms with Gasteiger partial charge in [-0.15, -0.1) is 0 Å². The Morgan fingerprint density at radius 2 is 1.98 bits per heavy atom. The number of nitrogens with one attached hydrogen (secondary N) is 2. The van der Waals surface area contributed by atoms with E-state index < -0.39 is 0 Å². The van der Waals surface area contributed by atoms with Gasteiger partial charge in [0, 0.05) is 43.7 Å². The van der Waals surface area contributed by atoms with Crippen LogP contribution in [0.4, 0.5) is 28.7 Å². The second kappa shape index (κ2) is 11.4. The van der Waals surface area contributed by atoms with Gasteiger partial charge < -0.3 is 20.3 Å². The third-order valence-corrected chi connectivity index (χ3v) is 8.70. The van der Waals surface area contributed by atoms with Crippen LogP contribution in [-0.4, -0.2) is 66.7 Å². The van der Waals surface area contributed by atoms with E-state index in [-0.39, 0.29) is 11.9 Å². The number of piperazine rings is 1. The predicted molar refractivity (Wildman–Crippen MR) is 162 cm³/mol. The van der Waals surface area contributed by atoms with Crippen molar-refractivity contribution < 1.29 is 14.4 Å². The van der Waals surface area contributed by atoms with Gasteiger partial charge in [-0.25, -0.2) is 15.0 Å². The summed E-state index contributed by atoms with van der Waals surface area (Å²) in [6.45, 7) is 6.02. The molecule has 1 aromatic heterocycles. The first-order valence-electron chi connectivity index (χ1n) is 13.4. The molecule has 6 rings (SSSR count). The number of anilines is 5. The van der Waals surface area contributed by atoms with Crippen molar-refractivity contribution in [1.82, 2.24) is 14.9 Å². The van der Waals surface area contributed by atoms with Gasteiger partial charge >= 0.3 is 0 Å². The normalized spacial score (nSPS) is 21.8. The van der Waals surface area contributed by atoms with Crippen LogP contribution in [-0.2, 0) is 9.63 Å². The van der Waals surface area contributed by atoms with Crippen molar-refractivity contribution in [2.75, 3.05) is 54.5 Å². The summed E-state index contributed by atoms with van der Waals surface area (Å²) in [4.78, 5) is 32.0. The minimum absolute atomic E-state index is 0.0862. The number of likely N-dealkylation sites (N-methyl/N-ethyl adjacent to an activating group) is 1. The minimum Gasteiger partial charge on any atom is -0.494 e. The van der Waals surface area contributed by atoms with Gasteiger partial charge in [0.2, 0.25) is 5.91 Å². The summed E-state index contributed by atoms with van der Waals surface area (Å²) in [6.07, 6.45) is 4.60. The van der Waals surface area contributed by atoms with Crippen LogP contribution >= 0.6 is 23.2 Å². The Bertz CT molecular complexity index is 1490. The van der Waals surface area contributed by atoms with Crippen LogP contribution in [0, 0.1) is 0 Å². The van der Waals surface area contributed by atoms with E-state index in [4.69, 9.17) is 32.8 Å². The Morgan fingerprint density at radius 3 is 2.68 bits per heavy atom. The lowest BCUT2D eigenvalue weighted by Gasteiger charge is -2.35. The molecule has 3 aromatic rings. The van der Waals surface area contributed by atoms with E-state index in [0.717, 1.165) is 37.2 Å². The number of likely N-dealkylation sites (tertiary alicyclic amines) is 1. The van der Waals surface area contributed by atoms with Crippen molar-refractivity contribution in [1.29, 1.82) is 0 Å². The standard InChI is InChI=1S/C29H31Cl2N7O3/c1-4-29(39)35-22-11-23(26(40-3)12-25(22)37-15-18-10-19(37)14-36(18)2)34-27-13-28(33-16-32-27)38-24(7-8-41-38)17-5-6-20(30)21(31)9-17/h4-6,9,11-13,16,18-19,24H,1,7-8,10,14-15H2,2-3H3,(H,35,39)(H,32,33,34)/t18-,19-,24+/m0/s1. The number of carbonyl (C=O) groups excluding carboxylic acids is 1. The molecule has 2 N–H and O–H groups in total. The maximum Gasteiger partial charge on any atom is 0.247 e. The van der Waals surface area contributed by atoms with E-state index in [9.17, 15) is 4.79 Å². The Balaban J connectivity index is 1.30. The minimum atomic E-state index is -0.285. The molecule has 2 aromatic carbocycles. The molecule has 1 amide bonds. The SMILES string of the molecule is C=CC(=O)Nc1cc(Nc2cc(N3OCC[C@@H]3c3ccc(Cl)c(Cl)c3)ncn2)c(OC)cc1N1C[C@@H]2C[C@H]1CN2C. The number of methoxy groups -OCH3 is 1. The van der Waals surface area contributed by atoms with Crippen LogP contribution in [0.3, 0.4) is 0 Å². The molecule has 10 nitrogen and oxygen atoms in total. The van der Waals surface area contributed by atoms with Gasteiger partial charge in [-0.05, 0) is 43.3 Å². The molecule has 2 bridgehead atoms. The van der Waals surface area contributed by atoms with Crippen LogP contribution in [0.25, 0.3) is 0 Å². The third-order valence-electron chi connectivity index (χ3n) is 7.96. The number of amides is 1. The van der Waals surface area contributed by atoms with Crippen molar-refractivity contribution in [3.63, 3.8) is 0 Å². The number of hydrogen-bond acceptors (Lipinski definition) is 9. The fourth-order valence-electron chi connectivity index (χ4n) is 5.91. The first-order chi connectivity index (χ1) is 19.8. The van der Waals surface area contributed by atoms with E-state index >= 15 is 0 Å². The number of nitrogens with zero attached hydrogens (tertiary/aromatic N) is 5. The molecule has 3 saturated heterocycles. The maximum atomic E-state index is 12.4. The number of hydroxylamine groups is 1. The molecule has 0 aliphatic carbocycles. The summed E-state index contributed by atoms with van der Waals surface area (Å²) in [5, 5.41) is 9.09. The average Bonchev–Trinajstić information content (AvgIpc) is 3.71. The smallest absolute Gasteiger partial charge is 0.247 e. The molecule has 12 heteroatoms. The monoisotopic (exact) mass is 595 g/mol. The van der Waals surface area contributed by atoms with E-state index in [1.807, 2.05) is 24.3 Å². The number of aromatic nitrogens is 2.